The molecular formula is C14H16N2O3. The minimum absolute atomic E-state index is 0.109. The first-order valence-electron chi connectivity index (χ1n) is 6.05. The number of rotatable bonds is 3. The predicted molar refractivity (Wildman–Crippen MR) is 71.9 cm³/mol. The first-order chi connectivity index (χ1) is 9.22. The molecule has 1 amide bonds. The quantitative estimate of drug-likeness (QED) is 0.643. The number of terminal acetylenes is 1. The molecule has 0 bridgehead atoms. The number of morpholine rings is 1. The highest BCUT2D eigenvalue weighted by molar-refractivity contribution is 5.97. The van der Waals surface area contributed by atoms with Crippen LogP contribution in [0.25, 0.3) is 0 Å². The zero-order valence-electron chi connectivity index (χ0n) is 10.6. The van der Waals surface area contributed by atoms with Gasteiger partial charge in [0.25, 0.3) is 5.91 Å². The Morgan fingerprint density at radius 2 is 2.21 bits per heavy atom. The topological polar surface area (TPSA) is 64.8 Å². The lowest BCUT2D eigenvalue weighted by Gasteiger charge is -2.27. The fourth-order valence-corrected chi connectivity index (χ4v) is 1.90. The van der Waals surface area contributed by atoms with E-state index in [0.717, 1.165) is 0 Å². The van der Waals surface area contributed by atoms with Crippen LogP contribution in [0.1, 0.15) is 10.4 Å². The number of hydrogen-bond donors (Lipinski definition) is 1. The van der Waals surface area contributed by atoms with E-state index in [0.29, 0.717) is 43.3 Å². The largest absolute Gasteiger partial charge is 0.480 e. The first kappa shape index (κ1) is 13.2. The van der Waals surface area contributed by atoms with Gasteiger partial charge in [0.05, 0.1) is 18.8 Å². The van der Waals surface area contributed by atoms with Gasteiger partial charge < -0.3 is 20.1 Å². The van der Waals surface area contributed by atoms with Gasteiger partial charge in [-0.15, -0.1) is 6.42 Å². The summed E-state index contributed by atoms with van der Waals surface area (Å²) in [5.74, 6) is 2.73. The molecule has 0 unspecified atom stereocenters. The molecule has 0 aliphatic carbocycles. The molecular weight excluding hydrogens is 244 g/mol. The summed E-state index contributed by atoms with van der Waals surface area (Å²) in [6, 6.07) is 4.96. The molecule has 2 N–H and O–H groups in total. The molecule has 5 heteroatoms. The fraction of sp³-hybridized carbons (Fsp3) is 0.357. The maximum Gasteiger partial charge on any atom is 0.257 e. The van der Waals surface area contributed by atoms with Gasteiger partial charge in [-0.2, -0.15) is 0 Å². The van der Waals surface area contributed by atoms with E-state index < -0.39 is 0 Å². The lowest BCUT2D eigenvalue weighted by molar-refractivity contribution is 0.0300. The van der Waals surface area contributed by atoms with Crippen LogP contribution in [-0.4, -0.2) is 43.7 Å². The Morgan fingerprint density at radius 1 is 1.47 bits per heavy atom. The lowest BCUT2D eigenvalue weighted by Crippen LogP contribution is -2.40. The number of anilines is 1. The third kappa shape index (κ3) is 3.18. The minimum Gasteiger partial charge on any atom is -0.480 e. The van der Waals surface area contributed by atoms with Crippen molar-refractivity contribution in [3.8, 4) is 18.1 Å². The number of nitrogen functional groups attached to an aromatic ring is 1. The molecule has 1 heterocycles. The highest BCUT2D eigenvalue weighted by atomic mass is 16.5. The Bertz CT molecular complexity index is 502. The summed E-state index contributed by atoms with van der Waals surface area (Å²) < 4.78 is 10.6. The molecule has 0 radical (unpaired) electrons. The second-order valence-corrected chi connectivity index (χ2v) is 4.15. The number of amides is 1. The Labute approximate surface area is 112 Å². The van der Waals surface area contributed by atoms with Crippen molar-refractivity contribution in [1.29, 1.82) is 0 Å². The van der Waals surface area contributed by atoms with Gasteiger partial charge in [0.1, 0.15) is 12.4 Å². The van der Waals surface area contributed by atoms with Gasteiger partial charge in [-0.3, -0.25) is 4.79 Å². The van der Waals surface area contributed by atoms with Crippen molar-refractivity contribution in [2.45, 2.75) is 0 Å². The molecule has 2 rings (SSSR count). The average molecular weight is 260 g/mol. The number of carbonyl (C=O) groups is 1. The summed E-state index contributed by atoms with van der Waals surface area (Å²) in [5, 5.41) is 0. The highest BCUT2D eigenvalue weighted by Gasteiger charge is 2.21. The average Bonchev–Trinajstić information content (AvgIpc) is 2.46. The summed E-state index contributed by atoms with van der Waals surface area (Å²) in [7, 11) is 0. The van der Waals surface area contributed by atoms with Gasteiger partial charge in [0.15, 0.2) is 0 Å². The van der Waals surface area contributed by atoms with Crippen molar-refractivity contribution in [2.24, 2.45) is 0 Å². The van der Waals surface area contributed by atoms with Crippen molar-refractivity contribution < 1.29 is 14.3 Å². The molecule has 1 saturated heterocycles. The maximum absolute atomic E-state index is 12.4. The van der Waals surface area contributed by atoms with Crippen LogP contribution in [0.3, 0.4) is 0 Å². The van der Waals surface area contributed by atoms with Crippen LogP contribution >= 0.6 is 0 Å². The van der Waals surface area contributed by atoms with E-state index in [4.69, 9.17) is 21.6 Å². The molecule has 0 saturated carbocycles. The van der Waals surface area contributed by atoms with E-state index in [-0.39, 0.29) is 12.5 Å². The van der Waals surface area contributed by atoms with Crippen molar-refractivity contribution in [3.63, 3.8) is 0 Å². The van der Waals surface area contributed by atoms with E-state index in [1.54, 1.807) is 23.1 Å². The maximum atomic E-state index is 12.4. The Hall–Kier alpha value is -2.19. The van der Waals surface area contributed by atoms with E-state index in [1.807, 2.05) is 0 Å². The van der Waals surface area contributed by atoms with E-state index in [1.165, 1.54) is 0 Å². The van der Waals surface area contributed by atoms with Crippen molar-refractivity contribution >= 4 is 11.6 Å². The second kappa shape index (κ2) is 6.12. The molecule has 1 aliphatic heterocycles. The molecule has 19 heavy (non-hydrogen) atoms. The zero-order valence-corrected chi connectivity index (χ0v) is 10.6. The molecule has 1 fully saturated rings. The lowest BCUT2D eigenvalue weighted by atomic mass is 10.1. The Balaban J connectivity index is 2.23. The van der Waals surface area contributed by atoms with E-state index >= 15 is 0 Å². The van der Waals surface area contributed by atoms with Crippen LogP contribution in [0.15, 0.2) is 18.2 Å². The summed E-state index contributed by atoms with van der Waals surface area (Å²) >= 11 is 0. The normalized spacial score (nSPS) is 14.8. The van der Waals surface area contributed by atoms with Gasteiger partial charge in [-0.25, -0.2) is 0 Å². The number of nitrogens with two attached hydrogens (primary N) is 1. The zero-order chi connectivity index (χ0) is 13.7. The highest BCUT2D eigenvalue weighted by Crippen LogP contribution is 2.23. The molecule has 1 aromatic carbocycles. The van der Waals surface area contributed by atoms with Crippen LogP contribution in [0, 0.1) is 12.3 Å². The van der Waals surface area contributed by atoms with Crippen molar-refractivity contribution in [2.75, 3.05) is 38.6 Å². The SMILES string of the molecule is C#CCOc1ccc(N)cc1C(=O)N1CCOCC1. The fourth-order valence-electron chi connectivity index (χ4n) is 1.90. The van der Waals surface area contributed by atoms with Gasteiger partial charge in [0, 0.05) is 18.8 Å². The molecule has 5 nitrogen and oxygen atoms in total. The first-order valence-corrected chi connectivity index (χ1v) is 6.05. The Morgan fingerprint density at radius 3 is 2.89 bits per heavy atom. The molecule has 0 atom stereocenters. The Kier molecular flexibility index (Phi) is 4.26. The van der Waals surface area contributed by atoms with Crippen LogP contribution in [0.2, 0.25) is 0 Å². The van der Waals surface area contributed by atoms with Crippen LogP contribution < -0.4 is 10.5 Å². The number of nitrogens with zero attached hydrogens (tertiary/aromatic N) is 1. The van der Waals surface area contributed by atoms with Crippen LogP contribution in [-0.2, 0) is 4.74 Å². The molecule has 1 aromatic rings. The number of benzene rings is 1. The van der Waals surface area contributed by atoms with E-state index in [2.05, 4.69) is 5.92 Å². The smallest absolute Gasteiger partial charge is 0.257 e. The molecule has 1 aliphatic rings. The van der Waals surface area contributed by atoms with E-state index in [9.17, 15) is 4.79 Å². The standard InChI is InChI=1S/C14H16N2O3/c1-2-7-19-13-4-3-11(15)10-12(13)14(17)16-5-8-18-9-6-16/h1,3-4,10H,5-9,15H2. The molecule has 0 aromatic heterocycles. The monoisotopic (exact) mass is 260 g/mol. The van der Waals surface area contributed by atoms with Crippen molar-refractivity contribution in [3.05, 3.63) is 23.8 Å². The molecule has 0 spiro atoms. The number of ether oxygens (including phenoxy) is 2. The van der Waals surface area contributed by atoms with Gasteiger partial charge in [0.2, 0.25) is 0 Å². The number of hydrogen-bond acceptors (Lipinski definition) is 4. The predicted octanol–water partition coefficient (Wildman–Crippen LogP) is 0.753. The number of carbonyl (C=O) groups excluding carboxylic acids is 1. The minimum atomic E-state index is -0.109. The second-order valence-electron chi connectivity index (χ2n) is 4.15. The summed E-state index contributed by atoms with van der Waals surface area (Å²) in [5.41, 5.74) is 6.69. The van der Waals surface area contributed by atoms with Gasteiger partial charge >= 0.3 is 0 Å². The molecule has 100 valence electrons. The third-order valence-corrected chi connectivity index (χ3v) is 2.84. The van der Waals surface area contributed by atoms with Crippen molar-refractivity contribution in [1.82, 2.24) is 4.90 Å². The summed E-state index contributed by atoms with van der Waals surface area (Å²) in [6.45, 7) is 2.36. The van der Waals surface area contributed by atoms with Gasteiger partial charge in [-0.1, -0.05) is 5.92 Å². The summed E-state index contributed by atoms with van der Waals surface area (Å²) in [6.07, 6.45) is 5.16. The third-order valence-electron chi connectivity index (χ3n) is 2.84. The van der Waals surface area contributed by atoms with Crippen LogP contribution in [0.4, 0.5) is 5.69 Å². The van der Waals surface area contributed by atoms with Crippen LogP contribution in [0.5, 0.6) is 5.75 Å². The van der Waals surface area contributed by atoms with Gasteiger partial charge in [-0.05, 0) is 18.2 Å². The summed E-state index contributed by atoms with van der Waals surface area (Å²) in [4.78, 5) is 14.1.